The molecule has 0 amide bonds. The molecule has 3 aromatic heterocycles. The molecule has 0 radical (unpaired) electrons. The van der Waals surface area contributed by atoms with Gasteiger partial charge >= 0.3 is 0 Å². The molecular formula is C19H28N5O3S+. The van der Waals surface area contributed by atoms with Crippen LogP contribution in [0.1, 0.15) is 44.0 Å². The van der Waals surface area contributed by atoms with E-state index in [1.54, 1.807) is 36.0 Å². The van der Waals surface area contributed by atoms with Crippen LogP contribution in [0.25, 0.3) is 15.9 Å². The molecule has 9 heteroatoms. The summed E-state index contributed by atoms with van der Waals surface area (Å²) in [6.07, 6.45) is 1.63. The van der Waals surface area contributed by atoms with Gasteiger partial charge in [-0.05, 0) is 33.3 Å². The van der Waals surface area contributed by atoms with Crippen molar-refractivity contribution in [2.45, 2.75) is 65.1 Å². The van der Waals surface area contributed by atoms with Gasteiger partial charge in [0.1, 0.15) is 43.0 Å². The van der Waals surface area contributed by atoms with E-state index in [-0.39, 0.29) is 5.60 Å². The predicted molar refractivity (Wildman–Crippen MR) is 106 cm³/mol. The average molecular weight is 407 g/mol. The van der Waals surface area contributed by atoms with Crippen LogP contribution < -0.4 is 4.90 Å². The number of thiophene rings is 1. The zero-order chi connectivity index (χ0) is 20.1. The van der Waals surface area contributed by atoms with Crippen molar-refractivity contribution < 1.29 is 19.8 Å². The van der Waals surface area contributed by atoms with Gasteiger partial charge in [0.2, 0.25) is 5.82 Å². The van der Waals surface area contributed by atoms with Crippen LogP contribution in [0, 0.1) is 0 Å². The van der Waals surface area contributed by atoms with E-state index in [0.717, 1.165) is 27.2 Å². The van der Waals surface area contributed by atoms with Gasteiger partial charge in [-0.2, -0.15) is 0 Å². The maximum Gasteiger partial charge on any atom is 0.206 e. The molecule has 0 bridgehead atoms. The molecule has 152 valence electrons. The quantitative estimate of drug-likeness (QED) is 0.546. The number of nitrogens with zero attached hydrogens (tertiary/aromatic N) is 4. The molecule has 0 spiro atoms. The first-order valence-electron chi connectivity index (χ1n) is 9.70. The normalized spacial score (nSPS) is 19.6. The van der Waals surface area contributed by atoms with Gasteiger partial charge in [-0.1, -0.05) is 0 Å². The Kier molecular flexibility index (Phi) is 5.13. The fourth-order valence-corrected chi connectivity index (χ4v) is 5.01. The Morgan fingerprint density at radius 3 is 2.68 bits per heavy atom. The summed E-state index contributed by atoms with van der Waals surface area (Å²) in [6, 6.07) is 0. The average Bonchev–Trinajstić information content (AvgIpc) is 3.12. The van der Waals surface area contributed by atoms with Crippen molar-refractivity contribution in [2.75, 3.05) is 13.1 Å². The fraction of sp³-hybridized carbons (Fsp3) is 0.632. The van der Waals surface area contributed by atoms with Gasteiger partial charge in [0.05, 0.1) is 17.6 Å². The molecule has 28 heavy (non-hydrogen) atoms. The molecule has 0 saturated carbocycles. The van der Waals surface area contributed by atoms with Crippen LogP contribution >= 0.6 is 11.3 Å². The van der Waals surface area contributed by atoms with Crippen LogP contribution in [0.4, 0.5) is 0 Å². The second-order valence-electron chi connectivity index (χ2n) is 8.48. The maximum atomic E-state index is 9.78. The van der Waals surface area contributed by atoms with E-state index < -0.39 is 12.2 Å². The molecule has 0 saturated heterocycles. The molecule has 3 aromatic rings. The first-order valence-corrected chi connectivity index (χ1v) is 10.5. The molecule has 3 N–H and O–H groups in total. The Hall–Kier alpha value is -1.65. The van der Waals surface area contributed by atoms with Gasteiger partial charge < -0.3 is 19.8 Å². The monoisotopic (exact) mass is 406 g/mol. The number of ether oxygens (including phenoxy) is 1. The topological polar surface area (TPSA) is 97.2 Å². The number of nitrogens with one attached hydrogen (secondary N) is 1. The highest BCUT2D eigenvalue weighted by Crippen LogP contribution is 2.39. The van der Waals surface area contributed by atoms with E-state index in [4.69, 9.17) is 9.72 Å². The number of rotatable bonds is 6. The lowest BCUT2D eigenvalue weighted by Crippen LogP contribution is -3.12. The third-order valence-electron chi connectivity index (χ3n) is 5.03. The summed E-state index contributed by atoms with van der Waals surface area (Å²) in [5, 5.41) is 25.2. The van der Waals surface area contributed by atoms with Crippen LogP contribution in [0.2, 0.25) is 0 Å². The number of fused-ring (bicyclic) bond motifs is 5. The van der Waals surface area contributed by atoms with E-state index in [1.807, 2.05) is 0 Å². The second kappa shape index (κ2) is 7.31. The molecule has 8 nitrogen and oxygen atoms in total. The van der Waals surface area contributed by atoms with Gasteiger partial charge in [0.25, 0.3) is 0 Å². The summed E-state index contributed by atoms with van der Waals surface area (Å²) in [4.78, 5) is 12.6. The first kappa shape index (κ1) is 19.7. The third kappa shape index (κ3) is 3.90. The molecule has 0 aromatic carbocycles. The number of aliphatic hydroxyl groups is 2. The van der Waals surface area contributed by atoms with Crippen LogP contribution in [-0.2, 0) is 24.3 Å². The van der Waals surface area contributed by atoms with E-state index in [2.05, 4.69) is 23.9 Å². The van der Waals surface area contributed by atoms with E-state index in [1.165, 1.54) is 10.4 Å². The lowest BCUT2D eigenvalue weighted by Gasteiger charge is -2.30. The number of hydrogen-bond donors (Lipinski definition) is 3. The summed E-state index contributed by atoms with van der Waals surface area (Å²) in [5.74, 6) is 0.692. The summed E-state index contributed by atoms with van der Waals surface area (Å²) in [6.45, 7) is 9.95. The van der Waals surface area contributed by atoms with Crippen molar-refractivity contribution in [2.24, 2.45) is 0 Å². The minimum atomic E-state index is -0.453. The van der Waals surface area contributed by atoms with Gasteiger partial charge in [-0.25, -0.2) is 14.5 Å². The Labute approximate surface area is 167 Å². The molecule has 1 aliphatic heterocycles. The highest BCUT2D eigenvalue weighted by atomic mass is 32.1. The highest BCUT2D eigenvalue weighted by Gasteiger charge is 2.31. The fourth-order valence-electron chi connectivity index (χ4n) is 3.95. The first-order chi connectivity index (χ1) is 13.2. The number of quaternary nitrogens is 1. The molecule has 4 heterocycles. The van der Waals surface area contributed by atoms with E-state index in [9.17, 15) is 10.2 Å². The zero-order valence-electron chi connectivity index (χ0n) is 16.8. The Morgan fingerprint density at radius 1 is 1.29 bits per heavy atom. The van der Waals surface area contributed by atoms with Crippen LogP contribution in [-0.4, -0.2) is 60.7 Å². The smallest absolute Gasteiger partial charge is 0.206 e. The summed E-state index contributed by atoms with van der Waals surface area (Å²) in [7, 11) is 0. The largest absolute Gasteiger partial charge is 0.388 e. The Balaban J connectivity index is 1.72. The standard InChI is InChI=1S/C19H27N5O3S/c1-11(25)6-23(7-12(2)26)8-15-21-17-16-13-5-19(3,4)27-9-14(13)28-18(16)20-10-24(17)22-15/h10-12,25-26H,5-9H2,1-4H3/p+1/t11-,12+. The molecule has 4 rings (SSSR count). The van der Waals surface area contributed by atoms with E-state index in [0.29, 0.717) is 32.1 Å². The molecule has 0 fully saturated rings. The van der Waals surface area contributed by atoms with Crippen molar-refractivity contribution in [3.05, 3.63) is 22.6 Å². The molecule has 0 aliphatic carbocycles. The Bertz CT molecular complexity index is 984. The van der Waals surface area contributed by atoms with Crippen LogP contribution in [0.15, 0.2) is 6.33 Å². The summed E-state index contributed by atoms with van der Waals surface area (Å²) >= 11 is 1.67. The molecular weight excluding hydrogens is 378 g/mol. The van der Waals surface area contributed by atoms with Crippen molar-refractivity contribution in [3.8, 4) is 0 Å². The molecule has 3 atom stereocenters. The SMILES string of the molecule is C[C@H](O)C[NH+](Cc1nc2c3c4c(sc3ncn2n1)COC(C)(C)C4)C[C@@H](C)O. The van der Waals surface area contributed by atoms with Gasteiger partial charge in [0, 0.05) is 11.3 Å². The molecule has 1 unspecified atom stereocenters. The van der Waals surface area contributed by atoms with Gasteiger partial charge in [0.15, 0.2) is 5.65 Å². The number of aliphatic hydroxyl groups excluding tert-OH is 2. The second-order valence-corrected chi connectivity index (χ2v) is 9.57. The van der Waals surface area contributed by atoms with Gasteiger partial charge in [-0.15, -0.1) is 16.4 Å². The highest BCUT2D eigenvalue weighted by molar-refractivity contribution is 7.19. The van der Waals surface area contributed by atoms with E-state index >= 15 is 0 Å². The van der Waals surface area contributed by atoms with Crippen LogP contribution in [0.3, 0.4) is 0 Å². The zero-order valence-corrected chi connectivity index (χ0v) is 17.6. The number of hydrogen-bond acceptors (Lipinski definition) is 7. The Morgan fingerprint density at radius 2 is 2.00 bits per heavy atom. The van der Waals surface area contributed by atoms with Crippen molar-refractivity contribution in [1.29, 1.82) is 0 Å². The molecule has 1 aliphatic rings. The van der Waals surface area contributed by atoms with Crippen molar-refractivity contribution >= 4 is 27.2 Å². The van der Waals surface area contributed by atoms with Crippen molar-refractivity contribution in [3.63, 3.8) is 0 Å². The summed E-state index contributed by atoms with van der Waals surface area (Å²) < 4.78 is 7.70. The summed E-state index contributed by atoms with van der Waals surface area (Å²) in [5.41, 5.74) is 1.89. The lowest BCUT2D eigenvalue weighted by molar-refractivity contribution is -0.920. The predicted octanol–water partition coefficient (Wildman–Crippen LogP) is 0.337. The third-order valence-corrected chi connectivity index (χ3v) is 6.14. The lowest BCUT2D eigenvalue weighted by atomic mass is 9.94. The number of aromatic nitrogens is 4. The maximum absolute atomic E-state index is 9.78. The van der Waals surface area contributed by atoms with Crippen molar-refractivity contribution in [1.82, 2.24) is 19.6 Å². The minimum Gasteiger partial charge on any atom is -0.388 e. The van der Waals surface area contributed by atoms with Gasteiger partial charge in [-0.3, -0.25) is 0 Å². The van der Waals surface area contributed by atoms with Crippen LogP contribution in [0.5, 0.6) is 0 Å². The minimum absolute atomic E-state index is 0.202.